The molecule has 3 rings (SSSR count). The van der Waals surface area contributed by atoms with E-state index in [0.717, 1.165) is 60.1 Å². The highest BCUT2D eigenvalue weighted by Gasteiger charge is 2.08. The van der Waals surface area contributed by atoms with Crippen LogP contribution >= 0.6 is 0 Å². The molecule has 0 amide bonds. The highest BCUT2D eigenvalue weighted by Crippen LogP contribution is 2.27. The van der Waals surface area contributed by atoms with Gasteiger partial charge in [0.15, 0.2) is 11.6 Å². The van der Waals surface area contributed by atoms with Crippen molar-refractivity contribution in [2.75, 3.05) is 13.2 Å². The molecule has 0 saturated heterocycles. The van der Waals surface area contributed by atoms with Crippen molar-refractivity contribution in [3.8, 4) is 16.9 Å². The Balaban J connectivity index is 1.55. The molecule has 0 fully saturated rings. The molecule has 0 spiro atoms. The van der Waals surface area contributed by atoms with E-state index >= 15 is 0 Å². The van der Waals surface area contributed by atoms with Gasteiger partial charge in [0, 0.05) is 6.61 Å². The molecule has 4 nitrogen and oxygen atoms in total. The number of halogens is 1. The van der Waals surface area contributed by atoms with Crippen molar-refractivity contribution in [1.82, 2.24) is 9.97 Å². The quantitative estimate of drug-likeness (QED) is 0.181. The third kappa shape index (κ3) is 7.77. The van der Waals surface area contributed by atoms with Gasteiger partial charge in [-0.25, -0.2) is 9.37 Å². The number of allylic oxidation sites excluding steroid dienone is 1. The molecule has 180 valence electrons. The van der Waals surface area contributed by atoms with E-state index in [1.54, 1.807) is 18.3 Å². The van der Waals surface area contributed by atoms with E-state index in [1.807, 2.05) is 30.3 Å². The highest BCUT2D eigenvalue weighted by atomic mass is 19.1. The first-order valence-corrected chi connectivity index (χ1v) is 12.2. The molecule has 0 aliphatic carbocycles. The Morgan fingerprint density at radius 2 is 1.88 bits per heavy atom. The van der Waals surface area contributed by atoms with Gasteiger partial charge in [0.05, 0.1) is 29.0 Å². The number of fused-ring (bicyclic) bond motifs is 1. The number of hydrogen-bond donors (Lipinski definition) is 0. The van der Waals surface area contributed by atoms with Crippen molar-refractivity contribution in [2.45, 2.75) is 58.5 Å². The summed E-state index contributed by atoms with van der Waals surface area (Å²) in [6.07, 6.45) is 14.6. The first-order valence-electron chi connectivity index (χ1n) is 12.2. The van der Waals surface area contributed by atoms with Crippen LogP contribution in [-0.4, -0.2) is 29.3 Å². The number of hydrogen-bond acceptors (Lipinski definition) is 4. The van der Waals surface area contributed by atoms with Crippen LogP contribution in [0.15, 0.2) is 61.3 Å². The molecule has 0 saturated carbocycles. The van der Waals surface area contributed by atoms with Gasteiger partial charge >= 0.3 is 0 Å². The van der Waals surface area contributed by atoms with Gasteiger partial charge < -0.3 is 9.47 Å². The summed E-state index contributed by atoms with van der Waals surface area (Å²) in [6, 6.07) is 10.7. The summed E-state index contributed by atoms with van der Waals surface area (Å²) >= 11 is 0. The molecule has 1 unspecified atom stereocenters. The lowest BCUT2D eigenvalue weighted by molar-refractivity contribution is 0.0566. The van der Waals surface area contributed by atoms with E-state index in [1.165, 1.54) is 18.9 Å². The lowest BCUT2D eigenvalue weighted by atomic mass is 10.0. The highest BCUT2D eigenvalue weighted by molar-refractivity contribution is 5.82. The Labute approximate surface area is 202 Å². The summed E-state index contributed by atoms with van der Waals surface area (Å²) in [4.78, 5) is 9.25. The second kappa shape index (κ2) is 13.6. The molecule has 1 aromatic heterocycles. The second-order valence-corrected chi connectivity index (χ2v) is 8.47. The predicted octanol–water partition coefficient (Wildman–Crippen LogP) is 7.78. The smallest absolute Gasteiger partial charge is 0.165 e. The SMILES string of the molecule is C=CCOc1ccc(-c2ccc3nc(C=CCCCC(C)OCCCCC)cnc3c2)cc1F. The average Bonchev–Trinajstić information content (AvgIpc) is 2.85. The number of benzene rings is 2. The molecule has 0 N–H and O–H groups in total. The fraction of sp³-hybridized carbons (Fsp3) is 0.379. The standard InChI is InChI=1S/C29H35FN2O2/c1-4-6-10-18-33-22(3)11-8-7-9-12-25-21-31-28-20-24(13-15-27(28)32-25)23-14-16-29(26(30)19-23)34-17-5-2/h5,9,12-16,19-22H,2,4,6-8,10-11,17-18H2,1,3H3. The molecule has 3 aromatic rings. The van der Waals surface area contributed by atoms with Crippen molar-refractivity contribution in [1.29, 1.82) is 0 Å². The third-order valence-corrected chi connectivity index (χ3v) is 5.60. The van der Waals surface area contributed by atoms with Gasteiger partial charge in [-0.1, -0.05) is 50.6 Å². The molecule has 0 bridgehead atoms. The summed E-state index contributed by atoms with van der Waals surface area (Å²) in [5, 5.41) is 0. The number of nitrogens with zero attached hydrogens (tertiary/aromatic N) is 2. The Hall–Kier alpha value is -3.05. The Bertz CT molecular complexity index is 1100. The van der Waals surface area contributed by atoms with Crippen molar-refractivity contribution in [2.24, 2.45) is 0 Å². The molecular weight excluding hydrogens is 427 g/mol. The second-order valence-electron chi connectivity index (χ2n) is 8.47. The summed E-state index contributed by atoms with van der Waals surface area (Å²) in [5.41, 5.74) is 4.06. The summed E-state index contributed by atoms with van der Waals surface area (Å²) in [5.74, 6) is -0.182. The first-order chi connectivity index (χ1) is 16.6. The summed E-state index contributed by atoms with van der Waals surface area (Å²) in [6.45, 7) is 9.07. The van der Waals surface area contributed by atoms with Crippen LogP contribution in [0.1, 0.15) is 58.1 Å². The maximum absolute atomic E-state index is 14.3. The minimum absolute atomic E-state index is 0.217. The van der Waals surface area contributed by atoms with Gasteiger partial charge in [-0.05, 0) is 74.1 Å². The van der Waals surface area contributed by atoms with Crippen LogP contribution in [0.25, 0.3) is 28.2 Å². The summed E-state index contributed by atoms with van der Waals surface area (Å²) < 4.78 is 25.5. The first kappa shape index (κ1) is 25.6. The van der Waals surface area contributed by atoms with Crippen LogP contribution < -0.4 is 4.74 Å². The average molecular weight is 463 g/mol. The zero-order chi connectivity index (χ0) is 24.2. The topological polar surface area (TPSA) is 44.2 Å². The zero-order valence-corrected chi connectivity index (χ0v) is 20.3. The van der Waals surface area contributed by atoms with Gasteiger partial charge in [0.25, 0.3) is 0 Å². The molecule has 1 heterocycles. The molecule has 0 radical (unpaired) electrons. The molecule has 34 heavy (non-hydrogen) atoms. The minimum Gasteiger partial charge on any atom is -0.486 e. The Morgan fingerprint density at radius 1 is 1.06 bits per heavy atom. The van der Waals surface area contributed by atoms with E-state index in [4.69, 9.17) is 9.47 Å². The van der Waals surface area contributed by atoms with Crippen LogP contribution in [0.3, 0.4) is 0 Å². The van der Waals surface area contributed by atoms with E-state index in [0.29, 0.717) is 6.10 Å². The molecule has 5 heteroatoms. The number of rotatable bonds is 14. The van der Waals surface area contributed by atoms with Gasteiger partial charge in [0.2, 0.25) is 0 Å². The van der Waals surface area contributed by atoms with Crippen LogP contribution in [0.5, 0.6) is 5.75 Å². The Kier molecular flexibility index (Phi) is 10.2. The van der Waals surface area contributed by atoms with E-state index in [2.05, 4.69) is 36.5 Å². The molecule has 0 aliphatic heterocycles. The van der Waals surface area contributed by atoms with Crippen LogP contribution in [0.2, 0.25) is 0 Å². The number of unbranched alkanes of at least 4 members (excludes halogenated alkanes) is 3. The van der Waals surface area contributed by atoms with Gasteiger partial charge in [-0.15, -0.1) is 0 Å². The van der Waals surface area contributed by atoms with E-state index in [9.17, 15) is 4.39 Å². The zero-order valence-electron chi connectivity index (χ0n) is 20.3. The third-order valence-electron chi connectivity index (χ3n) is 5.60. The van der Waals surface area contributed by atoms with Crippen LogP contribution in [0.4, 0.5) is 4.39 Å². The minimum atomic E-state index is -0.400. The monoisotopic (exact) mass is 462 g/mol. The lowest BCUT2D eigenvalue weighted by Crippen LogP contribution is -2.08. The molecule has 1 atom stereocenters. The van der Waals surface area contributed by atoms with E-state index < -0.39 is 5.82 Å². The maximum atomic E-state index is 14.3. The van der Waals surface area contributed by atoms with Crippen LogP contribution in [-0.2, 0) is 4.74 Å². The summed E-state index contributed by atoms with van der Waals surface area (Å²) in [7, 11) is 0. The van der Waals surface area contributed by atoms with Crippen molar-refractivity contribution < 1.29 is 13.9 Å². The number of aromatic nitrogens is 2. The predicted molar refractivity (Wildman–Crippen MR) is 138 cm³/mol. The lowest BCUT2D eigenvalue weighted by Gasteiger charge is -2.11. The van der Waals surface area contributed by atoms with Crippen molar-refractivity contribution in [3.63, 3.8) is 0 Å². The van der Waals surface area contributed by atoms with Crippen molar-refractivity contribution >= 4 is 17.1 Å². The molecular formula is C29H35FN2O2. The van der Waals surface area contributed by atoms with Crippen molar-refractivity contribution in [3.05, 3.63) is 72.8 Å². The molecule has 2 aromatic carbocycles. The Morgan fingerprint density at radius 3 is 2.68 bits per heavy atom. The maximum Gasteiger partial charge on any atom is 0.165 e. The van der Waals surface area contributed by atoms with Gasteiger partial charge in [-0.2, -0.15) is 0 Å². The molecule has 0 aliphatic rings. The van der Waals surface area contributed by atoms with Gasteiger partial charge in [-0.3, -0.25) is 4.98 Å². The number of ether oxygens (including phenoxy) is 2. The largest absolute Gasteiger partial charge is 0.486 e. The fourth-order valence-electron chi connectivity index (χ4n) is 3.68. The van der Waals surface area contributed by atoms with Crippen LogP contribution in [0, 0.1) is 5.82 Å². The normalized spacial score (nSPS) is 12.3. The van der Waals surface area contributed by atoms with E-state index in [-0.39, 0.29) is 12.4 Å². The van der Waals surface area contributed by atoms with Gasteiger partial charge in [0.1, 0.15) is 6.61 Å². The fourth-order valence-corrected chi connectivity index (χ4v) is 3.68.